The highest BCUT2D eigenvalue weighted by Gasteiger charge is 2.58. The van der Waals surface area contributed by atoms with Gasteiger partial charge in [-0.05, 0) is 56.3 Å². The van der Waals surface area contributed by atoms with Gasteiger partial charge in [0.25, 0.3) is 0 Å². The average molecular weight is 366 g/mol. The summed E-state index contributed by atoms with van der Waals surface area (Å²) >= 11 is 0. The number of aliphatic hydroxyl groups is 2. The third-order valence-corrected chi connectivity index (χ3v) is 8.00. The van der Waals surface area contributed by atoms with E-state index in [1.165, 1.54) is 6.92 Å². The van der Waals surface area contributed by atoms with Crippen molar-refractivity contribution in [3.63, 3.8) is 0 Å². The molecule has 0 aliphatic heterocycles. The summed E-state index contributed by atoms with van der Waals surface area (Å²) in [7, 11) is 0. The number of aliphatic hydroxyl groups excluding tert-OH is 2. The second kappa shape index (κ2) is 7.23. The minimum absolute atomic E-state index is 0.124. The Morgan fingerprint density at radius 2 is 1.92 bits per heavy atom. The van der Waals surface area contributed by atoms with E-state index in [1.807, 2.05) is 0 Å². The smallest absolute Gasteiger partial charge is 0.302 e. The fourth-order valence-corrected chi connectivity index (χ4v) is 6.51. The van der Waals surface area contributed by atoms with Crippen LogP contribution in [0, 0.1) is 28.6 Å². The van der Waals surface area contributed by atoms with Gasteiger partial charge in [0, 0.05) is 37.2 Å². The lowest BCUT2D eigenvalue weighted by molar-refractivity contribution is -0.174. The first-order valence-electron chi connectivity index (χ1n) is 10.2. The molecule has 7 atom stereocenters. The van der Waals surface area contributed by atoms with Gasteiger partial charge in [-0.1, -0.05) is 13.8 Å². The zero-order chi connectivity index (χ0) is 19.1. The van der Waals surface area contributed by atoms with Crippen molar-refractivity contribution in [3.8, 4) is 0 Å². The van der Waals surface area contributed by atoms with Gasteiger partial charge in [-0.15, -0.1) is 0 Å². The predicted octanol–water partition coefficient (Wildman–Crippen LogP) is 2.86. The number of ether oxygens (including phenoxy) is 1. The van der Waals surface area contributed by atoms with Crippen molar-refractivity contribution in [1.82, 2.24) is 0 Å². The second-order valence-corrected chi connectivity index (χ2v) is 9.34. The fraction of sp³-hybridized carbons (Fsp3) is 0.905. The van der Waals surface area contributed by atoms with Crippen molar-refractivity contribution in [3.05, 3.63) is 0 Å². The van der Waals surface area contributed by atoms with Crippen LogP contribution in [0.25, 0.3) is 0 Å². The van der Waals surface area contributed by atoms with Crippen molar-refractivity contribution in [2.45, 2.75) is 84.3 Å². The molecule has 0 saturated heterocycles. The van der Waals surface area contributed by atoms with Crippen LogP contribution in [0.2, 0.25) is 0 Å². The summed E-state index contributed by atoms with van der Waals surface area (Å²) in [5.41, 5.74) is -0.463. The summed E-state index contributed by atoms with van der Waals surface area (Å²) < 4.78 is 5.69. The van der Waals surface area contributed by atoms with E-state index >= 15 is 0 Å². The molecule has 0 spiro atoms. The molecule has 0 aromatic rings. The molecule has 0 aromatic heterocycles. The van der Waals surface area contributed by atoms with Crippen molar-refractivity contribution < 1.29 is 24.5 Å². The molecule has 148 valence electrons. The third kappa shape index (κ3) is 3.22. The Morgan fingerprint density at radius 3 is 2.58 bits per heavy atom. The van der Waals surface area contributed by atoms with Gasteiger partial charge in [0.05, 0.1) is 6.10 Å². The Balaban J connectivity index is 1.92. The molecular formula is C21H34O5. The summed E-state index contributed by atoms with van der Waals surface area (Å²) in [6.07, 6.45) is 5.37. The Bertz CT molecular complexity index is 561. The highest BCUT2D eigenvalue weighted by molar-refractivity contribution is 5.87. The molecule has 0 bridgehead atoms. The van der Waals surface area contributed by atoms with Crippen LogP contribution < -0.4 is 0 Å². The number of Topliss-reactive ketones (excluding diaryl/α,β-unsaturated/α-hetero) is 1. The van der Waals surface area contributed by atoms with E-state index in [0.29, 0.717) is 36.9 Å². The lowest BCUT2D eigenvalue weighted by atomic mass is 9.50. The molecule has 26 heavy (non-hydrogen) atoms. The summed E-state index contributed by atoms with van der Waals surface area (Å²) in [4.78, 5) is 24.2. The summed E-state index contributed by atoms with van der Waals surface area (Å²) in [6.45, 7) is 5.87. The van der Waals surface area contributed by atoms with Crippen LogP contribution in [-0.2, 0) is 14.3 Å². The second-order valence-electron chi connectivity index (χ2n) is 9.34. The van der Waals surface area contributed by atoms with Gasteiger partial charge in [0.15, 0.2) is 0 Å². The third-order valence-electron chi connectivity index (χ3n) is 8.00. The monoisotopic (exact) mass is 366 g/mol. The van der Waals surface area contributed by atoms with Crippen LogP contribution in [0.4, 0.5) is 0 Å². The largest absolute Gasteiger partial charge is 0.462 e. The molecule has 2 unspecified atom stereocenters. The lowest BCUT2D eigenvalue weighted by Gasteiger charge is -2.55. The minimum atomic E-state index is -0.425. The standard InChI is InChI=1S/C21H34O5/c1-13(23)26-19-12-14(24)6-9-21(19,3)17-7-10-20(2)16(4-5-18(20)25)15(17)8-11-22/h14-17,19,22,24H,4-12H2,1-3H3/t14-,15-,16?,17?,19-,20-,21+/m0/s1. The number of carbonyl (C=O) groups is 2. The first-order chi connectivity index (χ1) is 12.2. The van der Waals surface area contributed by atoms with Gasteiger partial charge in [-0.2, -0.15) is 0 Å². The summed E-state index contributed by atoms with van der Waals surface area (Å²) in [6, 6.07) is 0. The molecule has 3 fully saturated rings. The maximum atomic E-state index is 12.5. The van der Waals surface area contributed by atoms with Gasteiger partial charge in [-0.25, -0.2) is 0 Å². The quantitative estimate of drug-likeness (QED) is 0.748. The molecular weight excluding hydrogens is 332 g/mol. The summed E-state index contributed by atoms with van der Waals surface area (Å²) in [5.74, 6) is 0.955. The number of esters is 1. The van der Waals surface area contributed by atoms with E-state index in [0.717, 1.165) is 32.1 Å². The number of hydrogen-bond donors (Lipinski definition) is 2. The van der Waals surface area contributed by atoms with Gasteiger partial charge < -0.3 is 14.9 Å². The first kappa shape index (κ1) is 19.8. The predicted molar refractivity (Wildman–Crippen MR) is 97.3 cm³/mol. The molecule has 5 heteroatoms. The van der Waals surface area contributed by atoms with E-state index < -0.39 is 6.10 Å². The molecule has 3 rings (SSSR count). The Hall–Kier alpha value is -0.940. The summed E-state index contributed by atoms with van der Waals surface area (Å²) in [5, 5.41) is 19.9. The minimum Gasteiger partial charge on any atom is -0.462 e. The van der Waals surface area contributed by atoms with E-state index in [4.69, 9.17) is 4.74 Å². The van der Waals surface area contributed by atoms with Gasteiger partial charge in [0.2, 0.25) is 0 Å². The molecule has 0 aromatic carbocycles. The van der Waals surface area contributed by atoms with Crippen molar-refractivity contribution in [2.75, 3.05) is 6.61 Å². The van der Waals surface area contributed by atoms with E-state index in [2.05, 4.69) is 13.8 Å². The highest BCUT2D eigenvalue weighted by Crippen LogP contribution is 2.61. The molecule has 2 N–H and O–H groups in total. The Labute approximate surface area is 156 Å². The molecule has 3 aliphatic carbocycles. The van der Waals surface area contributed by atoms with Crippen LogP contribution in [0.3, 0.4) is 0 Å². The zero-order valence-electron chi connectivity index (χ0n) is 16.4. The maximum absolute atomic E-state index is 12.5. The Kier molecular flexibility index (Phi) is 5.51. The van der Waals surface area contributed by atoms with Crippen LogP contribution >= 0.6 is 0 Å². The van der Waals surface area contributed by atoms with Gasteiger partial charge in [0.1, 0.15) is 11.9 Å². The lowest BCUT2D eigenvalue weighted by Crippen LogP contribution is -2.54. The normalized spacial score (nSPS) is 46.0. The number of carbonyl (C=O) groups excluding carboxylic acids is 2. The van der Waals surface area contributed by atoms with E-state index in [1.54, 1.807) is 0 Å². The van der Waals surface area contributed by atoms with Crippen LogP contribution in [0.1, 0.15) is 72.1 Å². The van der Waals surface area contributed by atoms with E-state index in [9.17, 15) is 19.8 Å². The first-order valence-corrected chi connectivity index (χ1v) is 10.2. The molecule has 0 heterocycles. The SMILES string of the molecule is CC(=O)O[C@H]1C[C@@H](O)CC[C@]1(C)C1CC[C@]2(C)C(=O)CCC2[C@@H]1CCO. The van der Waals surface area contributed by atoms with Crippen molar-refractivity contribution in [1.29, 1.82) is 0 Å². The van der Waals surface area contributed by atoms with Crippen LogP contribution in [0.15, 0.2) is 0 Å². The topological polar surface area (TPSA) is 83.8 Å². The van der Waals surface area contributed by atoms with E-state index in [-0.39, 0.29) is 35.4 Å². The maximum Gasteiger partial charge on any atom is 0.302 e. The number of ketones is 1. The molecule has 5 nitrogen and oxygen atoms in total. The molecule has 0 amide bonds. The van der Waals surface area contributed by atoms with Gasteiger partial charge >= 0.3 is 5.97 Å². The van der Waals surface area contributed by atoms with Crippen LogP contribution in [0.5, 0.6) is 0 Å². The number of rotatable bonds is 4. The van der Waals surface area contributed by atoms with Gasteiger partial charge in [-0.3, -0.25) is 9.59 Å². The molecule has 3 aliphatic rings. The highest BCUT2D eigenvalue weighted by atomic mass is 16.5. The average Bonchev–Trinajstić information content (AvgIpc) is 2.87. The van der Waals surface area contributed by atoms with Crippen molar-refractivity contribution >= 4 is 11.8 Å². The molecule has 3 saturated carbocycles. The zero-order valence-corrected chi connectivity index (χ0v) is 16.4. The Morgan fingerprint density at radius 1 is 1.19 bits per heavy atom. The number of hydrogen-bond acceptors (Lipinski definition) is 5. The van der Waals surface area contributed by atoms with Crippen molar-refractivity contribution in [2.24, 2.45) is 28.6 Å². The molecule has 0 radical (unpaired) electrons. The number of fused-ring (bicyclic) bond motifs is 1. The fourth-order valence-electron chi connectivity index (χ4n) is 6.51. The van der Waals surface area contributed by atoms with Crippen LogP contribution in [-0.4, -0.2) is 40.8 Å².